The van der Waals surface area contributed by atoms with E-state index in [1.807, 2.05) is 17.5 Å². The second kappa shape index (κ2) is 5.48. The number of nitrogens with zero attached hydrogens (tertiary/aromatic N) is 4. The van der Waals surface area contributed by atoms with Gasteiger partial charge in [0, 0.05) is 19.6 Å². The lowest BCUT2D eigenvalue weighted by atomic mass is 10.2. The van der Waals surface area contributed by atoms with Crippen molar-refractivity contribution in [3.8, 4) is 16.8 Å². The van der Waals surface area contributed by atoms with Crippen molar-refractivity contribution < 1.29 is 4.52 Å². The summed E-state index contributed by atoms with van der Waals surface area (Å²) in [4.78, 5) is 7.43. The minimum absolute atomic E-state index is 0.133. The Morgan fingerprint density at radius 1 is 1.63 bits per heavy atom. The molecule has 1 saturated heterocycles. The molecule has 1 aliphatic heterocycles. The molecule has 3 rings (SSSR count). The van der Waals surface area contributed by atoms with Crippen molar-refractivity contribution in [2.75, 3.05) is 19.6 Å². The zero-order valence-corrected chi connectivity index (χ0v) is 11.1. The lowest BCUT2D eigenvalue weighted by Gasteiger charge is -2.30. The summed E-state index contributed by atoms with van der Waals surface area (Å²) in [5.41, 5.74) is 0. The number of nitriles is 1. The summed E-state index contributed by atoms with van der Waals surface area (Å²) in [5.74, 6) is 1.18. The maximum absolute atomic E-state index is 9.10. The van der Waals surface area contributed by atoms with E-state index in [0.717, 1.165) is 18.0 Å². The lowest BCUT2D eigenvalue weighted by Crippen LogP contribution is -2.50. The monoisotopic (exact) mass is 275 g/mol. The van der Waals surface area contributed by atoms with Crippen LogP contribution in [0.4, 0.5) is 0 Å². The van der Waals surface area contributed by atoms with Gasteiger partial charge in [-0.05, 0) is 11.4 Å². The molecule has 0 saturated carbocycles. The van der Waals surface area contributed by atoms with E-state index in [1.165, 1.54) is 0 Å². The second-order valence-electron chi connectivity index (χ2n) is 4.31. The van der Waals surface area contributed by atoms with Gasteiger partial charge in [0.2, 0.25) is 11.7 Å². The maximum atomic E-state index is 9.10. The number of rotatable bonds is 3. The van der Waals surface area contributed by atoms with Crippen molar-refractivity contribution in [1.29, 1.82) is 5.26 Å². The van der Waals surface area contributed by atoms with Crippen LogP contribution in [-0.2, 0) is 6.54 Å². The first-order valence-corrected chi connectivity index (χ1v) is 6.95. The van der Waals surface area contributed by atoms with Gasteiger partial charge in [-0.25, -0.2) is 0 Å². The van der Waals surface area contributed by atoms with Crippen molar-refractivity contribution >= 4 is 11.3 Å². The van der Waals surface area contributed by atoms with Crippen LogP contribution in [0, 0.1) is 11.3 Å². The molecule has 1 aliphatic rings. The molecule has 1 atom stereocenters. The summed E-state index contributed by atoms with van der Waals surface area (Å²) in [7, 11) is 0. The average molecular weight is 275 g/mol. The molecule has 0 aliphatic carbocycles. The Kier molecular flexibility index (Phi) is 3.55. The van der Waals surface area contributed by atoms with Crippen LogP contribution in [0.3, 0.4) is 0 Å². The third-order valence-electron chi connectivity index (χ3n) is 3.05. The van der Waals surface area contributed by atoms with E-state index in [2.05, 4.69) is 26.4 Å². The first-order chi connectivity index (χ1) is 9.36. The highest BCUT2D eigenvalue weighted by atomic mass is 32.1. The van der Waals surface area contributed by atoms with E-state index < -0.39 is 0 Å². The van der Waals surface area contributed by atoms with Gasteiger partial charge in [0.15, 0.2) is 0 Å². The van der Waals surface area contributed by atoms with Crippen molar-refractivity contribution in [1.82, 2.24) is 20.4 Å². The van der Waals surface area contributed by atoms with Gasteiger partial charge in [-0.1, -0.05) is 11.2 Å². The molecule has 19 heavy (non-hydrogen) atoms. The Morgan fingerprint density at radius 2 is 2.58 bits per heavy atom. The standard InChI is InChI=1S/C12H13N5OS/c13-6-9-7-14-3-4-17(9)8-11-15-12(16-18-11)10-2-1-5-19-10/h1-2,5,9,14H,3-4,7-8H2. The predicted molar refractivity (Wildman–Crippen MR) is 70.3 cm³/mol. The maximum Gasteiger partial charge on any atom is 0.241 e. The fourth-order valence-corrected chi connectivity index (χ4v) is 2.71. The van der Waals surface area contributed by atoms with Crippen molar-refractivity contribution in [2.45, 2.75) is 12.6 Å². The number of nitrogens with one attached hydrogen (secondary N) is 1. The molecule has 1 N–H and O–H groups in total. The van der Waals surface area contributed by atoms with E-state index in [-0.39, 0.29) is 6.04 Å². The summed E-state index contributed by atoms with van der Waals surface area (Å²) >= 11 is 1.58. The molecule has 0 aromatic carbocycles. The Balaban J connectivity index is 1.72. The van der Waals surface area contributed by atoms with Crippen LogP contribution in [0.2, 0.25) is 0 Å². The molecule has 7 heteroatoms. The summed E-state index contributed by atoms with van der Waals surface area (Å²) < 4.78 is 5.26. The molecule has 0 radical (unpaired) electrons. The molecule has 3 heterocycles. The quantitative estimate of drug-likeness (QED) is 0.903. The van der Waals surface area contributed by atoms with Crippen LogP contribution in [0.1, 0.15) is 5.89 Å². The highest BCUT2D eigenvalue weighted by Crippen LogP contribution is 2.21. The highest BCUT2D eigenvalue weighted by molar-refractivity contribution is 7.13. The first kappa shape index (κ1) is 12.3. The van der Waals surface area contributed by atoms with Crippen LogP contribution in [0.15, 0.2) is 22.0 Å². The molecular weight excluding hydrogens is 262 g/mol. The number of piperazine rings is 1. The fraction of sp³-hybridized carbons (Fsp3) is 0.417. The Labute approximate surface area is 114 Å². The smallest absolute Gasteiger partial charge is 0.241 e. The molecule has 2 aromatic rings. The fourth-order valence-electron chi connectivity index (χ4n) is 2.06. The summed E-state index contributed by atoms with van der Waals surface area (Å²) in [6.07, 6.45) is 0. The van der Waals surface area contributed by atoms with Crippen molar-refractivity contribution in [3.63, 3.8) is 0 Å². The summed E-state index contributed by atoms with van der Waals surface area (Å²) in [5, 5.41) is 18.3. The van der Waals surface area contributed by atoms with Gasteiger partial charge in [0.25, 0.3) is 0 Å². The second-order valence-corrected chi connectivity index (χ2v) is 5.26. The van der Waals surface area contributed by atoms with E-state index in [4.69, 9.17) is 9.78 Å². The number of hydrogen-bond acceptors (Lipinski definition) is 7. The Hall–Kier alpha value is -1.75. The van der Waals surface area contributed by atoms with Gasteiger partial charge >= 0.3 is 0 Å². The van der Waals surface area contributed by atoms with E-state index in [0.29, 0.717) is 24.8 Å². The molecule has 0 spiro atoms. The van der Waals surface area contributed by atoms with Crippen LogP contribution >= 0.6 is 11.3 Å². The predicted octanol–water partition coefficient (Wildman–Crippen LogP) is 1.10. The molecule has 0 amide bonds. The minimum atomic E-state index is -0.133. The van der Waals surface area contributed by atoms with Crippen LogP contribution in [-0.4, -0.2) is 40.7 Å². The third kappa shape index (κ3) is 2.66. The van der Waals surface area contributed by atoms with Gasteiger partial charge in [-0.15, -0.1) is 11.3 Å². The molecule has 0 bridgehead atoms. The number of hydrogen-bond donors (Lipinski definition) is 1. The Bertz CT molecular complexity index is 573. The molecule has 2 aromatic heterocycles. The lowest BCUT2D eigenvalue weighted by molar-refractivity contribution is 0.167. The zero-order valence-electron chi connectivity index (χ0n) is 10.2. The number of aromatic nitrogens is 2. The molecule has 1 unspecified atom stereocenters. The summed E-state index contributed by atoms with van der Waals surface area (Å²) in [6.45, 7) is 2.90. The first-order valence-electron chi connectivity index (χ1n) is 6.07. The Morgan fingerprint density at radius 3 is 3.37 bits per heavy atom. The van der Waals surface area contributed by atoms with Gasteiger partial charge in [0.05, 0.1) is 17.5 Å². The average Bonchev–Trinajstić information content (AvgIpc) is 3.09. The van der Waals surface area contributed by atoms with Crippen LogP contribution < -0.4 is 5.32 Å². The van der Waals surface area contributed by atoms with Crippen LogP contribution in [0.25, 0.3) is 10.7 Å². The summed E-state index contributed by atoms with van der Waals surface area (Å²) in [6, 6.07) is 6.07. The molecular formula is C12H13N5OS. The molecule has 6 nitrogen and oxygen atoms in total. The van der Waals surface area contributed by atoms with Crippen LogP contribution in [0.5, 0.6) is 0 Å². The van der Waals surface area contributed by atoms with Gasteiger partial charge < -0.3 is 9.84 Å². The largest absolute Gasteiger partial charge is 0.338 e. The van der Waals surface area contributed by atoms with Gasteiger partial charge in [-0.2, -0.15) is 10.2 Å². The topological polar surface area (TPSA) is 78.0 Å². The van der Waals surface area contributed by atoms with Gasteiger partial charge in [-0.3, -0.25) is 4.90 Å². The van der Waals surface area contributed by atoms with E-state index in [9.17, 15) is 0 Å². The van der Waals surface area contributed by atoms with Crippen molar-refractivity contribution in [3.05, 3.63) is 23.4 Å². The number of thiophene rings is 1. The highest BCUT2D eigenvalue weighted by Gasteiger charge is 2.23. The van der Waals surface area contributed by atoms with Gasteiger partial charge in [0.1, 0.15) is 6.04 Å². The van der Waals surface area contributed by atoms with E-state index in [1.54, 1.807) is 11.3 Å². The van der Waals surface area contributed by atoms with Crippen molar-refractivity contribution in [2.24, 2.45) is 0 Å². The third-order valence-corrected chi connectivity index (χ3v) is 3.92. The van der Waals surface area contributed by atoms with E-state index >= 15 is 0 Å². The molecule has 1 fully saturated rings. The normalized spacial score (nSPS) is 20.3. The molecule has 98 valence electrons. The SMILES string of the molecule is N#CC1CNCCN1Cc1nc(-c2cccs2)no1. The minimum Gasteiger partial charge on any atom is -0.338 e. The zero-order chi connectivity index (χ0) is 13.1.